The van der Waals surface area contributed by atoms with Gasteiger partial charge in [-0.3, -0.25) is 0 Å². The molecule has 5 aromatic rings. The summed E-state index contributed by atoms with van der Waals surface area (Å²) in [7, 11) is -0.392. The number of aromatic nitrogens is 1. The molecule has 0 saturated carbocycles. The predicted molar refractivity (Wildman–Crippen MR) is 141 cm³/mol. The van der Waals surface area contributed by atoms with Crippen molar-refractivity contribution in [2.45, 2.75) is 39.7 Å². The van der Waals surface area contributed by atoms with Crippen LogP contribution in [0.5, 0.6) is 0 Å². The van der Waals surface area contributed by atoms with Crippen LogP contribution < -0.4 is 5.46 Å². The lowest BCUT2D eigenvalue weighted by atomic mass is 9.77. The molecule has 0 aliphatic heterocycles. The van der Waals surface area contributed by atoms with Crippen molar-refractivity contribution in [3.8, 4) is 5.69 Å². The Balaban J connectivity index is 1.69. The molecule has 0 radical (unpaired) electrons. The van der Waals surface area contributed by atoms with Crippen molar-refractivity contribution in [2.75, 3.05) is 6.61 Å². The number of benzene rings is 4. The van der Waals surface area contributed by atoms with Crippen LogP contribution in [0.2, 0.25) is 0 Å². The van der Waals surface area contributed by atoms with Crippen molar-refractivity contribution < 1.29 is 9.31 Å². The van der Waals surface area contributed by atoms with Gasteiger partial charge in [0.25, 0.3) is 0 Å². The summed E-state index contributed by atoms with van der Waals surface area (Å²) >= 11 is 0. The van der Waals surface area contributed by atoms with E-state index in [4.69, 9.17) is 9.31 Å². The molecule has 0 saturated heterocycles. The summed E-state index contributed by atoms with van der Waals surface area (Å²) in [6, 6.07) is 30.4. The molecule has 0 spiro atoms. The van der Waals surface area contributed by atoms with Crippen LogP contribution >= 0.6 is 0 Å². The van der Waals surface area contributed by atoms with Crippen molar-refractivity contribution in [1.82, 2.24) is 4.57 Å². The first kappa shape index (κ1) is 21.8. The van der Waals surface area contributed by atoms with Crippen LogP contribution in [0.3, 0.4) is 0 Å². The molecule has 1 heterocycles. The third-order valence-corrected chi connectivity index (χ3v) is 6.56. The lowest BCUT2D eigenvalue weighted by molar-refractivity contribution is 0.0706. The normalized spacial score (nSPS) is 12.1. The number of hydrogen-bond acceptors (Lipinski definition) is 2. The zero-order valence-corrected chi connectivity index (χ0v) is 19.8. The van der Waals surface area contributed by atoms with E-state index >= 15 is 0 Å². The van der Waals surface area contributed by atoms with Crippen LogP contribution in [-0.4, -0.2) is 23.9 Å². The van der Waals surface area contributed by atoms with Gasteiger partial charge in [0.15, 0.2) is 0 Å². The maximum absolute atomic E-state index is 6.39. The predicted octanol–water partition coefficient (Wildman–Crippen LogP) is 6.87. The van der Waals surface area contributed by atoms with Crippen molar-refractivity contribution in [3.05, 3.63) is 84.9 Å². The average Bonchev–Trinajstić information content (AvgIpc) is 3.17. The third-order valence-electron chi connectivity index (χ3n) is 6.56. The molecular formula is C29H30BNO2. The van der Waals surface area contributed by atoms with Crippen molar-refractivity contribution >= 4 is 45.2 Å². The van der Waals surface area contributed by atoms with E-state index in [0.717, 1.165) is 17.6 Å². The SMILES string of the molecule is CCOB(OC(C)(C)CC)c1ccc2c(c1)c1ccccc1n2-c1ccc2ccccc2c1. The molecule has 166 valence electrons. The van der Waals surface area contributed by atoms with E-state index in [-0.39, 0.29) is 5.60 Å². The largest absolute Gasteiger partial charge is 0.494 e. The van der Waals surface area contributed by atoms with Crippen LogP contribution in [0.1, 0.15) is 34.1 Å². The van der Waals surface area contributed by atoms with Crippen molar-refractivity contribution in [2.24, 2.45) is 0 Å². The first-order valence-corrected chi connectivity index (χ1v) is 11.8. The number of rotatable bonds is 7. The summed E-state index contributed by atoms with van der Waals surface area (Å²) in [5, 5.41) is 4.93. The van der Waals surface area contributed by atoms with Crippen molar-refractivity contribution in [3.63, 3.8) is 0 Å². The highest BCUT2D eigenvalue weighted by Gasteiger charge is 2.29. The maximum atomic E-state index is 6.39. The maximum Gasteiger partial charge on any atom is 0.494 e. The second-order valence-electron chi connectivity index (χ2n) is 9.18. The lowest BCUT2D eigenvalue weighted by Crippen LogP contribution is -2.43. The molecule has 4 aromatic carbocycles. The first-order valence-electron chi connectivity index (χ1n) is 11.8. The number of fused-ring (bicyclic) bond motifs is 4. The topological polar surface area (TPSA) is 23.4 Å². The molecule has 5 rings (SSSR count). The fraction of sp³-hybridized carbons (Fsp3) is 0.241. The van der Waals surface area contributed by atoms with Gasteiger partial charge in [0.05, 0.1) is 11.0 Å². The molecule has 0 unspecified atom stereocenters. The number of hydrogen-bond donors (Lipinski definition) is 0. The summed E-state index contributed by atoms with van der Waals surface area (Å²) < 4.78 is 14.8. The standard InChI is InChI=1S/C29H30BNO2/c1-5-29(3,4)33-30(32-6-2)23-16-18-28-26(20-23)25-13-9-10-14-27(25)31(28)24-17-15-21-11-7-8-12-22(21)19-24/h7-20H,5-6H2,1-4H3. The van der Waals surface area contributed by atoms with Gasteiger partial charge >= 0.3 is 7.12 Å². The van der Waals surface area contributed by atoms with E-state index in [1.807, 2.05) is 6.92 Å². The van der Waals surface area contributed by atoms with Crippen molar-refractivity contribution in [1.29, 1.82) is 0 Å². The zero-order chi connectivity index (χ0) is 23.0. The fourth-order valence-corrected chi connectivity index (χ4v) is 4.45. The molecule has 4 heteroatoms. The molecule has 0 bridgehead atoms. The molecular weight excluding hydrogens is 405 g/mol. The van der Waals surface area contributed by atoms with Gasteiger partial charge < -0.3 is 13.9 Å². The lowest BCUT2D eigenvalue weighted by Gasteiger charge is -2.28. The van der Waals surface area contributed by atoms with Crippen LogP contribution in [-0.2, 0) is 9.31 Å². The molecule has 0 atom stereocenters. The average molecular weight is 435 g/mol. The minimum Gasteiger partial charge on any atom is -0.408 e. The van der Waals surface area contributed by atoms with Crippen LogP contribution in [0, 0.1) is 0 Å². The highest BCUT2D eigenvalue weighted by atomic mass is 16.6. The number of para-hydroxylation sites is 1. The Kier molecular flexibility index (Phi) is 5.73. The molecule has 0 amide bonds. The monoisotopic (exact) mass is 435 g/mol. The molecule has 0 N–H and O–H groups in total. The van der Waals surface area contributed by atoms with Gasteiger partial charge in [-0.05, 0) is 67.7 Å². The Bertz CT molecular complexity index is 1440. The molecule has 0 aliphatic rings. The van der Waals surface area contributed by atoms with E-state index in [2.05, 4.69) is 110 Å². The van der Waals surface area contributed by atoms with E-state index in [9.17, 15) is 0 Å². The van der Waals surface area contributed by atoms with E-state index < -0.39 is 7.12 Å². The Labute approximate surface area is 196 Å². The smallest absolute Gasteiger partial charge is 0.408 e. The Morgan fingerprint density at radius 1 is 0.758 bits per heavy atom. The van der Waals surface area contributed by atoms with Gasteiger partial charge in [-0.15, -0.1) is 0 Å². The first-order chi connectivity index (χ1) is 16.0. The Morgan fingerprint density at radius 3 is 2.27 bits per heavy atom. The Hall–Kier alpha value is -3.08. The second-order valence-corrected chi connectivity index (χ2v) is 9.18. The summed E-state index contributed by atoms with van der Waals surface area (Å²) in [5.41, 5.74) is 4.33. The fourth-order valence-electron chi connectivity index (χ4n) is 4.45. The van der Waals surface area contributed by atoms with Gasteiger partial charge in [-0.2, -0.15) is 0 Å². The molecule has 0 aliphatic carbocycles. The summed E-state index contributed by atoms with van der Waals surface area (Å²) in [6.07, 6.45) is 0.917. The highest BCUT2D eigenvalue weighted by molar-refractivity contribution is 6.61. The summed E-state index contributed by atoms with van der Waals surface area (Å²) in [5.74, 6) is 0. The van der Waals surface area contributed by atoms with E-state index in [1.165, 1.54) is 32.6 Å². The minimum atomic E-state index is -0.392. The molecule has 33 heavy (non-hydrogen) atoms. The summed E-state index contributed by atoms with van der Waals surface area (Å²) in [6.45, 7) is 8.98. The van der Waals surface area contributed by atoms with Crippen LogP contribution in [0.15, 0.2) is 84.9 Å². The van der Waals surface area contributed by atoms with E-state index in [0.29, 0.717) is 6.61 Å². The van der Waals surface area contributed by atoms with Gasteiger partial charge in [0.1, 0.15) is 0 Å². The zero-order valence-electron chi connectivity index (χ0n) is 19.8. The summed E-state index contributed by atoms with van der Waals surface area (Å²) in [4.78, 5) is 0. The Morgan fingerprint density at radius 2 is 1.48 bits per heavy atom. The second kappa shape index (κ2) is 8.70. The number of nitrogens with zero attached hydrogens (tertiary/aromatic N) is 1. The molecule has 0 fully saturated rings. The van der Waals surface area contributed by atoms with Crippen LogP contribution in [0.4, 0.5) is 0 Å². The van der Waals surface area contributed by atoms with Gasteiger partial charge in [0, 0.05) is 28.7 Å². The minimum absolute atomic E-state index is 0.256. The highest BCUT2D eigenvalue weighted by Crippen LogP contribution is 2.32. The molecule has 3 nitrogen and oxygen atoms in total. The van der Waals surface area contributed by atoms with Gasteiger partial charge in [-0.25, -0.2) is 0 Å². The molecule has 1 aromatic heterocycles. The quantitative estimate of drug-likeness (QED) is 0.260. The van der Waals surface area contributed by atoms with Crippen LogP contribution in [0.25, 0.3) is 38.3 Å². The third kappa shape index (κ3) is 4.05. The van der Waals surface area contributed by atoms with Gasteiger partial charge in [0.2, 0.25) is 0 Å². The van der Waals surface area contributed by atoms with E-state index in [1.54, 1.807) is 0 Å². The van der Waals surface area contributed by atoms with Gasteiger partial charge in [-0.1, -0.05) is 67.6 Å².